The Hall–Kier alpha value is -1.77. The molecule has 134 valence electrons. The van der Waals surface area contributed by atoms with E-state index in [9.17, 15) is 4.39 Å². The number of nitrogens with zero attached hydrogens (tertiary/aromatic N) is 3. The molecule has 24 heavy (non-hydrogen) atoms. The van der Waals surface area contributed by atoms with E-state index in [4.69, 9.17) is 32.7 Å². The summed E-state index contributed by atoms with van der Waals surface area (Å²) < 4.78 is 23.3. The molecule has 0 atom stereocenters. The number of alkyl halides is 1. The summed E-state index contributed by atoms with van der Waals surface area (Å²) in [6, 6.07) is 1.84. The van der Waals surface area contributed by atoms with Crippen LogP contribution < -0.4 is 21.2 Å². The molecule has 1 heterocycles. The van der Waals surface area contributed by atoms with Crippen LogP contribution in [0.2, 0.25) is 5.02 Å². The van der Waals surface area contributed by atoms with E-state index in [-0.39, 0.29) is 19.1 Å². The Kier molecular flexibility index (Phi) is 6.47. The molecule has 4 N–H and O–H groups in total. The van der Waals surface area contributed by atoms with E-state index in [2.05, 4.69) is 5.10 Å². The fraction of sp³-hybridized carbons (Fsp3) is 0.533. The topological polar surface area (TPSA) is 89.3 Å². The minimum Gasteiger partial charge on any atom is -0.494 e. The van der Waals surface area contributed by atoms with Crippen molar-refractivity contribution < 1.29 is 13.9 Å². The Bertz CT molecular complexity index is 614. The molecule has 2 rings (SSSR count). The largest absolute Gasteiger partial charge is 0.494 e. The number of rotatable bonds is 7. The number of hydrazone groups is 1. The lowest BCUT2D eigenvalue weighted by molar-refractivity contribution is 0.0656. The van der Waals surface area contributed by atoms with Gasteiger partial charge in [0.2, 0.25) is 0 Å². The van der Waals surface area contributed by atoms with E-state index in [1.54, 1.807) is 0 Å². The first-order valence-electron chi connectivity index (χ1n) is 7.59. The Labute approximate surface area is 145 Å². The van der Waals surface area contributed by atoms with Crippen molar-refractivity contribution >= 4 is 23.1 Å². The van der Waals surface area contributed by atoms with Crippen molar-refractivity contribution in [2.24, 2.45) is 16.7 Å². The van der Waals surface area contributed by atoms with Gasteiger partial charge >= 0.3 is 0 Å². The third-order valence-corrected chi connectivity index (χ3v) is 4.07. The smallest absolute Gasteiger partial charge is 0.158 e. The highest BCUT2D eigenvalue weighted by Crippen LogP contribution is 2.41. The summed E-state index contributed by atoms with van der Waals surface area (Å²) in [6.45, 7) is 0.600. The van der Waals surface area contributed by atoms with Gasteiger partial charge in [0.1, 0.15) is 6.67 Å². The van der Waals surface area contributed by atoms with Crippen LogP contribution in [0, 0.1) is 0 Å². The van der Waals surface area contributed by atoms with Gasteiger partial charge in [0, 0.05) is 20.2 Å². The van der Waals surface area contributed by atoms with Crippen molar-refractivity contribution in [1.29, 1.82) is 0 Å². The molecule has 9 heteroatoms. The van der Waals surface area contributed by atoms with Gasteiger partial charge in [0.25, 0.3) is 0 Å². The Balaban J connectivity index is 2.60. The number of ether oxygens (including phenoxy) is 2. The number of nitrogens with two attached hydrogens (primary N) is 2. The second-order valence-electron chi connectivity index (χ2n) is 5.40. The number of anilines is 1. The third kappa shape index (κ3) is 3.82. The van der Waals surface area contributed by atoms with Crippen LogP contribution in [0.3, 0.4) is 0 Å². The van der Waals surface area contributed by atoms with Crippen LogP contribution in [-0.2, 0) is 11.2 Å². The standard InChI is InChI=1S/C15H23ClFN5O2/c1-23-9-22(19)20-15(18)12-13-10(8-11(16)14(12)24-2)4-3-6-21(13)7-5-17/h8H,3-7,9,19H2,1-2H3,(H2,18,20). The summed E-state index contributed by atoms with van der Waals surface area (Å²) >= 11 is 6.34. The molecule has 1 aliphatic heterocycles. The maximum Gasteiger partial charge on any atom is 0.158 e. The van der Waals surface area contributed by atoms with Crippen molar-refractivity contribution in [1.82, 2.24) is 5.12 Å². The van der Waals surface area contributed by atoms with Crippen LogP contribution in [-0.4, -0.2) is 51.7 Å². The van der Waals surface area contributed by atoms with Crippen molar-refractivity contribution in [2.45, 2.75) is 12.8 Å². The fourth-order valence-electron chi connectivity index (χ4n) is 2.91. The van der Waals surface area contributed by atoms with E-state index in [1.165, 1.54) is 14.2 Å². The Morgan fingerprint density at radius 2 is 2.25 bits per heavy atom. The molecule has 0 saturated heterocycles. The van der Waals surface area contributed by atoms with Crippen LogP contribution in [0.4, 0.5) is 10.1 Å². The monoisotopic (exact) mass is 359 g/mol. The second kappa shape index (κ2) is 8.36. The summed E-state index contributed by atoms with van der Waals surface area (Å²) in [5, 5.41) is 5.62. The van der Waals surface area contributed by atoms with Gasteiger partial charge in [-0.3, -0.25) is 0 Å². The molecular weight excluding hydrogens is 337 g/mol. The van der Waals surface area contributed by atoms with Crippen LogP contribution >= 0.6 is 11.6 Å². The highest BCUT2D eigenvalue weighted by Gasteiger charge is 2.27. The van der Waals surface area contributed by atoms with Gasteiger partial charge in [-0.15, -0.1) is 5.10 Å². The number of amidine groups is 1. The van der Waals surface area contributed by atoms with Gasteiger partial charge in [0.05, 0.1) is 23.4 Å². The average Bonchev–Trinajstić information content (AvgIpc) is 2.54. The molecule has 1 aliphatic rings. The van der Waals surface area contributed by atoms with Crippen LogP contribution in [0.15, 0.2) is 11.2 Å². The summed E-state index contributed by atoms with van der Waals surface area (Å²) in [7, 11) is 3.00. The highest BCUT2D eigenvalue weighted by molar-refractivity contribution is 6.33. The van der Waals surface area contributed by atoms with Crippen molar-refractivity contribution in [3.05, 3.63) is 22.2 Å². The molecule has 1 aromatic carbocycles. The first-order valence-corrected chi connectivity index (χ1v) is 7.97. The predicted octanol–water partition coefficient (Wildman–Crippen LogP) is 1.47. The van der Waals surface area contributed by atoms with E-state index >= 15 is 0 Å². The predicted molar refractivity (Wildman–Crippen MR) is 93.1 cm³/mol. The maximum atomic E-state index is 13.0. The minimum absolute atomic E-state index is 0.0694. The lowest BCUT2D eigenvalue weighted by atomic mass is 9.96. The number of fused-ring (bicyclic) bond motifs is 1. The molecule has 0 saturated carbocycles. The van der Waals surface area contributed by atoms with Gasteiger partial charge < -0.3 is 20.1 Å². The number of hydrogen-bond acceptors (Lipinski definition) is 6. The van der Waals surface area contributed by atoms with Gasteiger partial charge in [-0.2, -0.15) is 0 Å². The number of hydrogen-bond donors (Lipinski definition) is 2. The molecule has 7 nitrogen and oxygen atoms in total. The van der Waals surface area contributed by atoms with E-state index < -0.39 is 6.67 Å². The minimum atomic E-state index is -0.465. The lowest BCUT2D eigenvalue weighted by Crippen LogP contribution is -2.36. The third-order valence-electron chi connectivity index (χ3n) is 3.79. The summed E-state index contributed by atoms with van der Waals surface area (Å²) in [5.41, 5.74) is 8.48. The summed E-state index contributed by atoms with van der Waals surface area (Å²) in [6.07, 6.45) is 1.74. The number of methoxy groups -OCH3 is 2. The van der Waals surface area contributed by atoms with Gasteiger partial charge in [-0.1, -0.05) is 11.6 Å². The first kappa shape index (κ1) is 18.6. The van der Waals surface area contributed by atoms with Gasteiger partial charge in [-0.05, 0) is 24.5 Å². The number of benzene rings is 1. The Morgan fingerprint density at radius 3 is 2.88 bits per heavy atom. The normalized spacial score (nSPS) is 14.5. The quantitative estimate of drug-likeness (QED) is 0.252. The molecule has 0 amide bonds. The molecular formula is C15H23ClFN5O2. The zero-order valence-corrected chi connectivity index (χ0v) is 14.6. The molecule has 0 aromatic heterocycles. The number of hydrazine groups is 1. The van der Waals surface area contributed by atoms with E-state index in [0.29, 0.717) is 16.3 Å². The molecule has 0 unspecified atom stereocenters. The van der Waals surface area contributed by atoms with Crippen molar-refractivity contribution in [2.75, 3.05) is 45.6 Å². The van der Waals surface area contributed by atoms with Crippen LogP contribution in [0.1, 0.15) is 17.5 Å². The molecule has 0 fully saturated rings. The molecule has 1 aromatic rings. The van der Waals surface area contributed by atoms with Crippen molar-refractivity contribution in [3.8, 4) is 5.75 Å². The number of halogens is 2. The zero-order chi connectivity index (χ0) is 17.7. The molecule has 0 spiro atoms. The highest BCUT2D eigenvalue weighted by atomic mass is 35.5. The average molecular weight is 360 g/mol. The SMILES string of the molecule is COCN(N)/N=C(\N)c1c(OC)c(Cl)cc2c1N(CCF)CCC2. The van der Waals surface area contributed by atoms with Gasteiger partial charge in [0.15, 0.2) is 18.3 Å². The van der Waals surface area contributed by atoms with E-state index in [0.717, 1.165) is 35.8 Å². The Morgan fingerprint density at radius 1 is 1.50 bits per heavy atom. The fourth-order valence-corrected chi connectivity index (χ4v) is 3.21. The van der Waals surface area contributed by atoms with Crippen molar-refractivity contribution in [3.63, 3.8) is 0 Å². The maximum absolute atomic E-state index is 13.0. The van der Waals surface area contributed by atoms with Gasteiger partial charge in [-0.25, -0.2) is 15.4 Å². The summed E-state index contributed by atoms with van der Waals surface area (Å²) in [5.74, 6) is 6.25. The first-order chi connectivity index (χ1) is 11.5. The summed E-state index contributed by atoms with van der Waals surface area (Å²) in [4.78, 5) is 1.94. The molecule has 0 aliphatic carbocycles. The van der Waals surface area contributed by atoms with Crippen LogP contribution in [0.5, 0.6) is 5.75 Å². The molecule has 0 bridgehead atoms. The van der Waals surface area contributed by atoms with Crippen LogP contribution in [0.25, 0.3) is 0 Å². The molecule has 0 radical (unpaired) electrons. The number of aryl methyl sites for hydroxylation is 1. The second-order valence-corrected chi connectivity index (χ2v) is 5.80. The zero-order valence-electron chi connectivity index (χ0n) is 13.9. The van der Waals surface area contributed by atoms with E-state index in [1.807, 2.05) is 11.0 Å². The lowest BCUT2D eigenvalue weighted by Gasteiger charge is -2.33.